The van der Waals surface area contributed by atoms with Gasteiger partial charge in [-0.3, -0.25) is 9.59 Å². The van der Waals surface area contributed by atoms with E-state index in [9.17, 15) is 14.7 Å². The Morgan fingerprint density at radius 2 is 1.81 bits per heavy atom. The summed E-state index contributed by atoms with van der Waals surface area (Å²) in [6.07, 6.45) is 1.62. The highest BCUT2D eigenvalue weighted by Crippen LogP contribution is 2.40. The average Bonchev–Trinajstić information content (AvgIpc) is 3.03. The SMILES string of the molecule is CCc1ccc(C2/C(=C(/O)c3ccc(OC)cc3C)C(=O)C(=O)N2CCCN(C)C)cc1. The van der Waals surface area contributed by atoms with Crippen molar-refractivity contribution in [2.24, 2.45) is 0 Å². The second-order valence-corrected chi connectivity index (χ2v) is 8.43. The van der Waals surface area contributed by atoms with Crippen molar-refractivity contribution in [1.82, 2.24) is 9.80 Å². The van der Waals surface area contributed by atoms with Crippen LogP contribution in [0, 0.1) is 6.92 Å². The van der Waals surface area contributed by atoms with Crippen LogP contribution in [0.1, 0.15) is 41.6 Å². The third-order valence-corrected chi connectivity index (χ3v) is 5.94. The third kappa shape index (κ3) is 4.70. The van der Waals surface area contributed by atoms with Gasteiger partial charge in [0.1, 0.15) is 11.5 Å². The second kappa shape index (κ2) is 10.0. The number of benzene rings is 2. The summed E-state index contributed by atoms with van der Waals surface area (Å²) in [5.41, 5.74) is 3.41. The molecule has 1 amide bonds. The minimum absolute atomic E-state index is 0.136. The molecule has 0 aliphatic carbocycles. The molecular formula is C26H32N2O4. The Morgan fingerprint density at radius 3 is 2.38 bits per heavy atom. The fraction of sp³-hybridized carbons (Fsp3) is 0.385. The molecule has 1 heterocycles. The molecule has 0 aromatic heterocycles. The molecule has 0 radical (unpaired) electrons. The first-order valence-corrected chi connectivity index (χ1v) is 11.0. The van der Waals surface area contributed by atoms with Gasteiger partial charge in [-0.1, -0.05) is 31.2 Å². The zero-order chi connectivity index (χ0) is 23.4. The molecule has 1 aliphatic rings. The molecule has 1 unspecified atom stereocenters. The van der Waals surface area contributed by atoms with Gasteiger partial charge in [0.05, 0.1) is 18.7 Å². The highest BCUT2D eigenvalue weighted by molar-refractivity contribution is 6.46. The monoisotopic (exact) mass is 436 g/mol. The molecule has 1 saturated heterocycles. The fourth-order valence-electron chi connectivity index (χ4n) is 4.12. The Hall–Kier alpha value is -3.12. The number of hydrogen-bond donors (Lipinski definition) is 1. The molecular weight excluding hydrogens is 404 g/mol. The van der Waals surface area contributed by atoms with E-state index in [0.717, 1.165) is 30.5 Å². The van der Waals surface area contributed by atoms with Gasteiger partial charge in [0.15, 0.2) is 0 Å². The van der Waals surface area contributed by atoms with Gasteiger partial charge in [-0.05, 0) is 75.3 Å². The fourth-order valence-corrected chi connectivity index (χ4v) is 4.12. The maximum absolute atomic E-state index is 13.1. The number of rotatable bonds is 8. The molecule has 3 rings (SSSR count). The minimum Gasteiger partial charge on any atom is -0.507 e. The van der Waals surface area contributed by atoms with E-state index < -0.39 is 17.7 Å². The number of amides is 1. The van der Waals surface area contributed by atoms with Crippen LogP contribution in [0.15, 0.2) is 48.0 Å². The smallest absolute Gasteiger partial charge is 0.295 e. The maximum atomic E-state index is 13.1. The molecule has 2 aromatic rings. The summed E-state index contributed by atoms with van der Waals surface area (Å²) in [5, 5.41) is 11.2. The Labute approximate surface area is 190 Å². The van der Waals surface area contributed by atoms with Crippen LogP contribution in [0.5, 0.6) is 5.75 Å². The van der Waals surface area contributed by atoms with E-state index >= 15 is 0 Å². The van der Waals surface area contributed by atoms with Gasteiger partial charge in [0.2, 0.25) is 0 Å². The Kier molecular flexibility index (Phi) is 7.36. The van der Waals surface area contributed by atoms with Crippen LogP contribution in [0.4, 0.5) is 0 Å². The van der Waals surface area contributed by atoms with Crippen LogP contribution in [-0.4, -0.2) is 60.9 Å². The zero-order valence-corrected chi connectivity index (χ0v) is 19.5. The second-order valence-electron chi connectivity index (χ2n) is 8.43. The largest absolute Gasteiger partial charge is 0.507 e. The van der Waals surface area contributed by atoms with Gasteiger partial charge in [0, 0.05) is 12.1 Å². The van der Waals surface area contributed by atoms with Crippen molar-refractivity contribution >= 4 is 17.4 Å². The molecule has 32 heavy (non-hydrogen) atoms. The van der Waals surface area contributed by atoms with E-state index in [1.807, 2.05) is 50.2 Å². The van der Waals surface area contributed by atoms with E-state index in [2.05, 4.69) is 6.92 Å². The number of carbonyl (C=O) groups is 2. The van der Waals surface area contributed by atoms with Gasteiger partial charge in [-0.2, -0.15) is 0 Å². The van der Waals surface area contributed by atoms with Crippen molar-refractivity contribution in [1.29, 1.82) is 0 Å². The molecule has 6 nitrogen and oxygen atoms in total. The molecule has 170 valence electrons. The number of likely N-dealkylation sites (tertiary alicyclic amines) is 1. The number of aliphatic hydroxyl groups is 1. The van der Waals surface area contributed by atoms with Crippen LogP contribution >= 0.6 is 0 Å². The number of Topliss-reactive ketones (excluding diaryl/α,β-unsaturated/α-hetero) is 1. The van der Waals surface area contributed by atoms with Crippen LogP contribution in [0.2, 0.25) is 0 Å². The van der Waals surface area contributed by atoms with E-state index in [1.165, 1.54) is 5.56 Å². The highest BCUT2D eigenvalue weighted by atomic mass is 16.5. The van der Waals surface area contributed by atoms with Gasteiger partial charge >= 0.3 is 0 Å². The maximum Gasteiger partial charge on any atom is 0.295 e. The van der Waals surface area contributed by atoms with Crippen molar-refractivity contribution < 1.29 is 19.4 Å². The van der Waals surface area contributed by atoms with Crippen LogP contribution in [0.3, 0.4) is 0 Å². The minimum atomic E-state index is -0.646. The van der Waals surface area contributed by atoms with Gasteiger partial charge in [-0.25, -0.2) is 0 Å². The number of carbonyl (C=O) groups excluding carboxylic acids is 2. The quantitative estimate of drug-likeness (QED) is 0.386. The van der Waals surface area contributed by atoms with E-state index in [4.69, 9.17) is 4.74 Å². The Bertz CT molecular complexity index is 1020. The summed E-state index contributed by atoms with van der Waals surface area (Å²) < 4.78 is 5.26. The van der Waals surface area contributed by atoms with Crippen LogP contribution in [0.25, 0.3) is 5.76 Å². The molecule has 1 atom stereocenters. The van der Waals surface area contributed by atoms with Crippen LogP contribution in [-0.2, 0) is 16.0 Å². The topological polar surface area (TPSA) is 70.1 Å². The average molecular weight is 437 g/mol. The van der Waals surface area contributed by atoms with Crippen molar-refractivity contribution in [3.8, 4) is 5.75 Å². The molecule has 0 saturated carbocycles. The van der Waals surface area contributed by atoms with Gasteiger partial charge < -0.3 is 19.6 Å². The van der Waals surface area contributed by atoms with Crippen molar-refractivity contribution in [3.05, 3.63) is 70.3 Å². The summed E-state index contributed by atoms with van der Waals surface area (Å²) in [5.74, 6) is -0.703. The molecule has 2 aromatic carbocycles. The number of aryl methyl sites for hydroxylation is 2. The number of ketones is 1. The third-order valence-electron chi connectivity index (χ3n) is 5.94. The molecule has 1 aliphatic heterocycles. The number of nitrogens with zero attached hydrogens (tertiary/aromatic N) is 2. The molecule has 0 bridgehead atoms. The van der Waals surface area contributed by atoms with Crippen molar-refractivity contribution in [2.75, 3.05) is 34.3 Å². The zero-order valence-electron chi connectivity index (χ0n) is 19.5. The number of ether oxygens (including phenoxy) is 1. The summed E-state index contributed by atoms with van der Waals surface area (Å²) in [6.45, 7) is 5.15. The molecule has 1 fully saturated rings. The summed E-state index contributed by atoms with van der Waals surface area (Å²) in [7, 11) is 5.52. The summed E-state index contributed by atoms with van der Waals surface area (Å²) in [6, 6.07) is 12.5. The standard InChI is InChI=1S/C26H32N2O4/c1-6-18-8-10-19(11-9-18)23-22(24(29)21-13-12-20(32-5)16-17(21)2)25(30)26(31)28(23)15-7-14-27(3)4/h8-13,16,23,29H,6-7,14-15H2,1-5H3/b24-22-. The number of methoxy groups -OCH3 is 1. The van der Waals surface area contributed by atoms with Gasteiger partial charge in [-0.15, -0.1) is 0 Å². The first kappa shape index (κ1) is 23.5. The lowest BCUT2D eigenvalue weighted by Crippen LogP contribution is -2.32. The molecule has 1 N–H and O–H groups in total. The first-order valence-electron chi connectivity index (χ1n) is 11.0. The van der Waals surface area contributed by atoms with E-state index in [-0.39, 0.29) is 11.3 Å². The normalized spacial score (nSPS) is 17.9. The lowest BCUT2D eigenvalue weighted by atomic mass is 9.93. The number of hydrogen-bond acceptors (Lipinski definition) is 5. The summed E-state index contributed by atoms with van der Waals surface area (Å²) in [4.78, 5) is 29.8. The Balaban J connectivity index is 2.11. The highest BCUT2D eigenvalue weighted by Gasteiger charge is 2.45. The predicted molar refractivity (Wildman–Crippen MR) is 126 cm³/mol. The first-order chi connectivity index (χ1) is 15.3. The van der Waals surface area contributed by atoms with Crippen molar-refractivity contribution in [3.63, 3.8) is 0 Å². The van der Waals surface area contributed by atoms with Crippen molar-refractivity contribution in [2.45, 2.75) is 32.7 Å². The van der Waals surface area contributed by atoms with Gasteiger partial charge in [0.25, 0.3) is 11.7 Å². The Morgan fingerprint density at radius 1 is 1.12 bits per heavy atom. The lowest BCUT2D eigenvalue weighted by molar-refractivity contribution is -0.139. The van der Waals surface area contributed by atoms with Crippen LogP contribution < -0.4 is 4.74 Å². The predicted octanol–water partition coefficient (Wildman–Crippen LogP) is 3.94. The van der Waals surface area contributed by atoms with E-state index in [1.54, 1.807) is 30.2 Å². The van der Waals surface area contributed by atoms with E-state index in [0.29, 0.717) is 17.9 Å². The number of aliphatic hydroxyl groups excluding tert-OH is 1. The lowest BCUT2D eigenvalue weighted by Gasteiger charge is -2.26. The summed E-state index contributed by atoms with van der Waals surface area (Å²) >= 11 is 0. The molecule has 6 heteroatoms. The molecule has 0 spiro atoms.